The predicted octanol–water partition coefficient (Wildman–Crippen LogP) is -1.12. The third-order valence-electron chi connectivity index (χ3n) is 5.08. The highest BCUT2D eigenvalue weighted by molar-refractivity contribution is 6.40. The number of nitriles is 1. The Labute approximate surface area is 187 Å². The number of hydrogen-bond acceptors (Lipinski definition) is 10. The fourth-order valence-electron chi connectivity index (χ4n) is 2.47. The maximum atomic E-state index is 15.0. The topological polar surface area (TPSA) is 156 Å². The quantitative estimate of drug-likeness (QED) is 0.293. The molecule has 0 fully saturated rings. The number of aliphatic hydroxyl groups is 1. The van der Waals surface area contributed by atoms with E-state index in [-0.39, 0.29) is 28.6 Å². The molecule has 0 amide bonds. The van der Waals surface area contributed by atoms with Crippen molar-refractivity contribution in [3.63, 3.8) is 0 Å². The van der Waals surface area contributed by atoms with E-state index in [4.69, 9.17) is 10.00 Å². The number of halogens is 2. The molecule has 170 valence electrons. The molecule has 0 bridgehead atoms. The zero-order valence-electron chi connectivity index (χ0n) is 18.4. The van der Waals surface area contributed by atoms with E-state index in [2.05, 4.69) is 25.7 Å². The van der Waals surface area contributed by atoms with Gasteiger partial charge in [-0.25, -0.2) is 19.7 Å². The van der Waals surface area contributed by atoms with Crippen LogP contribution >= 0.6 is 0 Å². The molecular weight excluding hydrogens is 438 g/mol. The molecular formula is C17H19B2F2N9O3. The highest BCUT2D eigenvalue weighted by Gasteiger charge is 2.38. The van der Waals surface area contributed by atoms with Gasteiger partial charge < -0.3 is 15.2 Å². The van der Waals surface area contributed by atoms with Crippen LogP contribution in [-0.4, -0.2) is 61.6 Å². The molecule has 0 saturated carbocycles. The molecule has 12 nitrogen and oxygen atoms in total. The van der Waals surface area contributed by atoms with E-state index in [0.717, 1.165) is 21.6 Å². The molecule has 3 N–H and O–H groups in total. The molecule has 2 aromatic heterocycles. The van der Waals surface area contributed by atoms with Crippen LogP contribution in [-0.2, 0) is 7.05 Å². The molecule has 3 aromatic rings. The van der Waals surface area contributed by atoms with Gasteiger partial charge in [0.05, 0.1) is 22.9 Å². The number of nitrogens with zero attached hydrogens (tertiary/aromatic N) is 7. The number of nitrogens with one attached hydrogen (secondary N) is 2. The van der Waals surface area contributed by atoms with Crippen LogP contribution in [0.1, 0.15) is 19.4 Å². The number of aromatic nitrogens is 6. The molecule has 0 aliphatic heterocycles. The van der Waals surface area contributed by atoms with Crippen LogP contribution in [0.5, 0.6) is 5.75 Å². The van der Waals surface area contributed by atoms with Crippen molar-refractivity contribution < 1.29 is 18.7 Å². The van der Waals surface area contributed by atoms with E-state index < -0.39 is 28.3 Å². The van der Waals surface area contributed by atoms with Gasteiger partial charge in [-0.3, -0.25) is 0 Å². The molecule has 0 radical (unpaired) electrons. The molecule has 0 atom stereocenters. The maximum Gasteiger partial charge on any atom is 0.368 e. The van der Waals surface area contributed by atoms with Gasteiger partial charge >= 0.3 is 5.69 Å². The Balaban J connectivity index is 2.13. The first-order valence-electron chi connectivity index (χ1n) is 9.53. The van der Waals surface area contributed by atoms with Gasteiger partial charge in [0.2, 0.25) is 5.95 Å². The van der Waals surface area contributed by atoms with E-state index >= 15 is 4.39 Å². The minimum atomic E-state index is -1.34. The fourth-order valence-corrected chi connectivity index (χ4v) is 2.47. The monoisotopic (exact) mass is 457 g/mol. The van der Waals surface area contributed by atoms with Gasteiger partial charge in [-0.1, -0.05) is 0 Å². The summed E-state index contributed by atoms with van der Waals surface area (Å²) in [6, 6.07) is 3.90. The third-order valence-corrected chi connectivity index (χ3v) is 5.08. The summed E-state index contributed by atoms with van der Waals surface area (Å²) in [7, 11) is 4.57. The summed E-state index contributed by atoms with van der Waals surface area (Å²) >= 11 is 0. The normalized spacial score (nSPS) is 11.7. The molecule has 0 aliphatic rings. The van der Waals surface area contributed by atoms with Gasteiger partial charge in [-0.15, -0.1) is 4.48 Å². The summed E-state index contributed by atoms with van der Waals surface area (Å²) in [6.45, 7) is 3.04. The zero-order chi connectivity index (χ0) is 24.6. The van der Waals surface area contributed by atoms with Crippen LogP contribution in [0.15, 0.2) is 23.1 Å². The average molecular weight is 457 g/mol. The number of ether oxygens (including phenoxy) is 1. The summed E-state index contributed by atoms with van der Waals surface area (Å²) in [6.07, 6.45) is 1.05. The molecule has 1 aromatic carbocycles. The minimum Gasteiger partial charge on any atom is -0.500 e. The van der Waals surface area contributed by atoms with Gasteiger partial charge in [0.25, 0.3) is 0 Å². The van der Waals surface area contributed by atoms with Crippen molar-refractivity contribution in [1.29, 1.82) is 5.26 Å². The lowest BCUT2D eigenvalue weighted by atomic mass is 9.56. The Morgan fingerprint density at radius 2 is 2.00 bits per heavy atom. The van der Waals surface area contributed by atoms with Gasteiger partial charge in [0, 0.05) is 13.1 Å². The van der Waals surface area contributed by atoms with Crippen molar-refractivity contribution >= 4 is 33.1 Å². The molecule has 0 unspecified atom stereocenters. The van der Waals surface area contributed by atoms with Crippen LogP contribution in [0.2, 0.25) is 0 Å². The van der Waals surface area contributed by atoms with Gasteiger partial charge in [0.1, 0.15) is 23.1 Å². The number of hydrogen-bond donors (Lipinski definition) is 3. The Bertz CT molecular complexity index is 1300. The minimum absolute atomic E-state index is 0.00631. The second-order valence-corrected chi connectivity index (χ2v) is 8.06. The Morgan fingerprint density at radius 3 is 2.55 bits per heavy atom. The Hall–Kier alpha value is -3.99. The smallest absolute Gasteiger partial charge is 0.368 e. The van der Waals surface area contributed by atoms with Crippen molar-refractivity contribution in [2.75, 3.05) is 10.9 Å². The van der Waals surface area contributed by atoms with E-state index in [1.807, 2.05) is 0 Å². The lowest BCUT2D eigenvalue weighted by Gasteiger charge is -2.38. The van der Waals surface area contributed by atoms with Crippen molar-refractivity contribution in [3.05, 3.63) is 40.2 Å². The van der Waals surface area contributed by atoms with Crippen LogP contribution in [0.3, 0.4) is 0 Å². The Kier molecular flexibility index (Phi) is 6.10. The van der Waals surface area contributed by atoms with Crippen LogP contribution < -0.4 is 21.3 Å². The number of benzene rings is 1. The molecule has 3 rings (SSSR count). The third kappa shape index (κ3) is 4.62. The first kappa shape index (κ1) is 23.7. The molecule has 2 heterocycles. The number of aryl methyl sites for hydroxylation is 1. The summed E-state index contributed by atoms with van der Waals surface area (Å²) in [5.74, 6) is -1.57. The Morgan fingerprint density at radius 1 is 1.30 bits per heavy atom. The predicted molar refractivity (Wildman–Crippen MR) is 118 cm³/mol. The first-order chi connectivity index (χ1) is 15.4. The number of rotatable bonds is 7. The SMILES string of the molecule is BC(B)(Oc1cc(F)c(Nc2ncc(C#N)c(NF)n2)cc1-n1nnn(C)c1=O)C(C)(C)O. The van der Waals surface area contributed by atoms with Gasteiger partial charge in [-0.2, -0.15) is 19.6 Å². The lowest BCUT2D eigenvalue weighted by Crippen LogP contribution is -2.56. The first-order valence-corrected chi connectivity index (χ1v) is 9.53. The standard InChI is InChI=1S/C17H19B2F2N9O3/c1-16(2,32)17(18,19)33-12-4-9(20)10(5-11(12)30-15(31)29(3)27-28-30)24-14-23-7-8(6-22)13(25-14)26-21/h4-5,7,32H,18-19H2,1-3H3,(H2,23,24,25,26). The maximum absolute atomic E-state index is 15.0. The van der Waals surface area contributed by atoms with Crippen LogP contribution in [0.25, 0.3) is 5.69 Å². The average Bonchev–Trinajstić information content (AvgIpc) is 3.07. The van der Waals surface area contributed by atoms with Crippen molar-refractivity contribution in [2.24, 2.45) is 7.05 Å². The summed E-state index contributed by atoms with van der Waals surface area (Å²) in [5.41, 5.74) is -1.07. The molecule has 0 saturated heterocycles. The fraction of sp³-hybridized carbons (Fsp3) is 0.294. The van der Waals surface area contributed by atoms with Crippen molar-refractivity contribution in [1.82, 2.24) is 29.8 Å². The van der Waals surface area contributed by atoms with Crippen molar-refractivity contribution in [2.45, 2.75) is 24.8 Å². The number of tetrazole rings is 1. The summed E-state index contributed by atoms with van der Waals surface area (Å²) in [4.78, 5) is 20.1. The largest absolute Gasteiger partial charge is 0.500 e. The zero-order valence-corrected chi connectivity index (χ0v) is 18.4. The van der Waals surface area contributed by atoms with Crippen LogP contribution in [0, 0.1) is 17.1 Å². The lowest BCUT2D eigenvalue weighted by molar-refractivity contribution is -0.0170. The van der Waals surface area contributed by atoms with Crippen LogP contribution in [0.4, 0.5) is 26.3 Å². The van der Waals surface area contributed by atoms with E-state index in [0.29, 0.717) is 0 Å². The van der Waals surface area contributed by atoms with E-state index in [9.17, 15) is 14.4 Å². The van der Waals surface area contributed by atoms with Gasteiger partial charge in [0.15, 0.2) is 27.3 Å². The van der Waals surface area contributed by atoms with E-state index in [1.165, 1.54) is 32.5 Å². The highest BCUT2D eigenvalue weighted by atomic mass is 19.2. The second kappa shape index (κ2) is 8.51. The molecule has 0 aliphatic carbocycles. The second-order valence-electron chi connectivity index (χ2n) is 8.06. The van der Waals surface area contributed by atoms with E-state index in [1.54, 1.807) is 21.8 Å². The summed E-state index contributed by atoms with van der Waals surface area (Å²) < 4.78 is 35.7. The van der Waals surface area contributed by atoms with Crippen molar-refractivity contribution in [3.8, 4) is 17.5 Å². The molecule has 33 heavy (non-hydrogen) atoms. The molecule has 16 heteroatoms. The van der Waals surface area contributed by atoms with Gasteiger partial charge in [-0.05, 0) is 30.3 Å². The summed E-state index contributed by atoms with van der Waals surface area (Å²) in [5, 5.41) is 28.2. The highest BCUT2D eigenvalue weighted by Crippen LogP contribution is 2.33. The number of anilines is 3. The molecule has 0 spiro atoms.